The van der Waals surface area contributed by atoms with Gasteiger partial charge in [0, 0.05) is 42.9 Å². The average molecular weight is 463 g/mol. The van der Waals surface area contributed by atoms with Crippen molar-refractivity contribution in [3.05, 3.63) is 82.9 Å². The Balaban J connectivity index is 1.72. The molecule has 2 aromatic carbocycles. The summed E-state index contributed by atoms with van der Waals surface area (Å²) in [4.78, 5) is 17.0. The van der Waals surface area contributed by atoms with Crippen molar-refractivity contribution >= 4 is 28.9 Å². The number of halogens is 1. The fourth-order valence-corrected chi connectivity index (χ4v) is 4.28. The minimum Gasteiger partial charge on any atom is -0.322 e. The summed E-state index contributed by atoms with van der Waals surface area (Å²) in [6, 6.07) is 15.0. The van der Waals surface area contributed by atoms with E-state index in [1.165, 1.54) is 11.1 Å². The van der Waals surface area contributed by atoms with Crippen molar-refractivity contribution in [2.24, 2.45) is 0 Å². The van der Waals surface area contributed by atoms with Crippen LogP contribution in [0.25, 0.3) is 5.57 Å². The molecule has 0 saturated carbocycles. The van der Waals surface area contributed by atoms with Gasteiger partial charge in [-0.25, -0.2) is 4.79 Å². The third-order valence-corrected chi connectivity index (χ3v) is 6.36. The van der Waals surface area contributed by atoms with Crippen LogP contribution in [0.4, 0.5) is 10.5 Å². The van der Waals surface area contributed by atoms with Gasteiger partial charge in [0.1, 0.15) is 0 Å². The molecule has 0 spiro atoms. The maximum absolute atomic E-state index is 12.8. The second kappa shape index (κ2) is 11.2. The maximum Gasteiger partial charge on any atom is 0.321 e. The lowest BCUT2D eigenvalue weighted by Gasteiger charge is -2.40. The molecule has 0 radical (unpaired) electrons. The summed E-state index contributed by atoms with van der Waals surface area (Å²) in [5.74, 6) is 0. The number of nitriles is 1. The summed E-state index contributed by atoms with van der Waals surface area (Å²) in [5.41, 5.74) is 5.72. The molecule has 1 aliphatic rings. The summed E-state index contributed by atoms with van der Waals surface area (Å²) in [6.07, 6.45) is 1.79. The molecule has 1 N–H and O–H groups in total. The Morgan fingerprint density at radius 2 is 1.82 bits per heavy atom. The highest BCUT2D eigenvalue weighted by atomic mass is 35.5. The average Bonchev–Trinajstić information content (AvgIpc) is 2.83. The van der Waals surface area contributed by atoms with Gasteiger partial charge in [0.25, 0.3) is 0 Å². The van der Waals surface area contributed by atoms with E-state index in [4.69, 9.17) is 16.9 Å². The lowest BCUT2D eigenvalue weighted by molar-refractivity contribution is 0.112. The number of nitrogens with zero attached hydrogens (tertiary/aromatic N) is 3. The van der Waals surface area contributed by atoms with Crippen molar-refractivity contribution in [3.63, 3.8) is 0 Å². The number of carbonyl (C=O) groups is 1. The van der Waals surface area contributed by atoms with Crippen molar-refractivity contribution in [2.75, 3.05) is 31.5 Å². The molecular formula is C27H31ClN4O. The summed E-state index contributed by atoms with van der Waals surface area (Å²) >= 11 is 6.28. The Bertz CT molecular complexity index is 1060. The lowest BCUT2D eigenvalue weighted by atomic mass is 9.90. The van der Waals surface area contributed by atoms with Gasteiger partial charge < -0.3 is 10.2 Å². The molecule has 0 aromatic heterocycles. The van der Waals surface area contributed by atoms with Crippen molar-refractivity contribution in [3.8, 4) is 6.07 Å². The molecular weight excluding hydrogens is 432 g/mol. The quantitative estimate of drug-likeness (QED) is 0.478. The standard InChI is InChI=1S/C27H31ClN4O/c1-5-20(4)16-26(24-11-8-22(28)17-25(24)19(2)3)31-12-14-32(15-13-31)27(33)30-23-9-6-21(18-29)7-10-23/h6-11,17,26H,2,4-5,12-16H2,1,3H3,(H,30,33). The zero-order valence-corrected chi connectivity index (χ0v) is 20.2. The highest BCUT2D eigenvalue weighted by Gasteiger charge is 2.29. The van der Waals surface area contributed by atoms with Crippen LogP contribution in [0.1, 0.15) is 49.4 Å². The smallest absolute Gasteiger partial charge is 0.321 e. The number of anilines is 1. The molecule has 0 aliphatic carbocycles. The van der Waals surface area contributed by atoms with Gasteiger partial charge in [0.2, 0.25) is 0 Å². The van der Waals surface area contributed by atoms with Crippen LogP contribution in [0.2, 0.25) is 5.02 Å². The van der Waals surface area contributed by atoms with Crippen LogP contribution in [0.5, 0.6) is 0 Å². The molecule has 1 unspecified atom stereocenters. The van der Waals surface area contributed by atoms with Gasteiger partial charge in [0.05, 0.1) is 11.6 Å². The molecule has 5 nitrogen and oxygen atoms in total. The molecule has 172 valence electrons. The number of allylic oxidation sites excluding steroid dienone is 1. The van der Waals surface area contributed by atoms with Crippen molar-refractivity contribution in [1.29, 1.82) is 5.26 Å². The fraction of sp³-hybridized carbons (Fsp3) is 0.333. The van der Waals surface area contributed by atoms with E-state index in [1.807, 2.05) is 24.0 Å². The first kappa shape index (κ1) is 24.6. The Kier molecular flexibility index (Phi) is 8.32. The number of urea groups is 1. The Morgan fingerprint density at radius 1 is 1.15 bits per heavy atom. The molecule has 0 bridgehead atoms. The van der Waals surface area contributed by atoms with E-state index in [0.717, 1.165) is 37.1 Å². The number of hydrogen-bond donors (Lipinski definition) is 1. The minimum atomic E-state index is -0.122. The van der Waals surface area contributed by atoms with Crippen LogP contribution in [0.3, 0.4) is 0 Å². The normalized spacial score (nSPS) is 14.9. The van der Waals surface area contributed by atoms with Gasteiger partial charge in [-0.3, -0.25) is 4.90 Å². The van der Waals surface area contributed by atoms with E-state index in [9.17, 15) is 4.79 Å². The van der Waals surface area contributed by atoms with Crippen LogP contribution in [-0.2, 0) is 0 Å². The van der Waals surface area contributed by atoms with Crippen molar-refractivity contribution in [2.45, 2.75) is 32.7 Å². The number of nitrogens with one attached hydrogen (secondary N) is 1. The second-order valence-corrected chi connectivity index (χ2v) is 8.91. The van der Waals surface area contributed by atoms with Crippen molar-refractivity contribution < 1.29 is 4.79 Å². The first-order valence-corrected chi connectivity index (χ1v) is 11.6. The highest BCUT2D eigenvalue weighted by molar-refractivity contribution is 6.30. The van der Waals surface area contributed by atoms with Gasteiger partial charge in [-0.05, 0) is 67.3 Å². The molecule has 2 aromatic rings. The second-order valence-electron chi connectivity index (χ2n) is 8.48. The van der Waals surface area contributed by atoms with E-state index in [-0.39, 0.29) is 12.1 Å². The van der Waals surface area contributed by atoms with Crippen LogP contribution in [-0.4, -0.2) is 42.0 Å². The monoisotopic (exact) mass is 462 g/mol. The third kappa shape index (κ3) is 6.25. The van der Waals surface area contributed by atoms with Gasteiger partial charge in [-0.15, -0.1) is 0 Å². The molecule has 3 rings (SSSR count). The summed E-state index contributed by atoms with van der Waals surface area (Å²) in [5, 5.41) is 12.6. The lowest BCUT2D eigenvalue weighted by Crippen LogP contribution is -2.51. The zero-order chi connectivity index (χ0) is 24.0. The minimum absolute atomic E-state index is 0.122. The molecule has 6 heteroatoms. The van der Waals surface area contributed by atoms with Crippen LogP contribution < -0.4 is 5.32 Å². The molecule has 1 heterocycles. The largest absolute Gasteiger partial charge is 0.322 e. The summed E-state index contributed by atoms with van der Waals surface area (Å²) < 4.78 is 0. The van der Waals surface area contributed by atoms with Crippen molar-refractivity contribution in [1.82, 2.24) is 9.80 Å². The van der Waals surface area contributed by atoms with Gasteiger partial charge in [0.15, 0.2) is 0 Å². The zero-order valence-electron chi connectivity index (χ0n) is 19.4. The molecule has 1 atom stereocenters. The number of hydrogen-bond acceptors (Lipinski definition) is 3. The number of carbonyl (C=O) groups excluding carboxylic acids is 1. The predicted molar refractivity (Wildman–Crippen MR) is 136 cm³/mol. The van der Waals surface area contributed by atoms with E-state index in [1.54, 1.807) is 24.3 Å². The van der Waals surface area contributed by atoms with Crippen LogP contribution in [0, 0.1) is 11.3 Å². The third-order valence-electron chi connectivity index (χ3n) is 6.12. The number of rotatable bonds is 7. The van der Waals surface area contributed by atoms with E-state index >= 15 is 0 Å². The molecule has 1 fully saturated rings. The van der Waals surface area contributed by atoms with E-state index in [0.29, 0.717) is 29.4 Å². The van der Waals surface area contributed by atoms with Gasteiger partial charge in [-0.1, -0.05) is 48.9 Å². The maximum atomic E-state index is 12.8. The molecule has 33 heavy (non-hydrogen) atoms. The Morgan fingerprint density at radius 3 is 2.39 bits per heavy atom. The number of benzene rings is 2. The number of piperazine rings is 1. The SMILES string of the molecule is C=C(CC)CC(c1ccc(Cl)cc1C(=C)C)N1CCN(C(=O)Nc2ccc(C#N)cc2)CC1. The Labute approximate surface area is 202 Å². The first-order valence-electron chi connectivity index (χ1n) is 11.2. The molecule has 1 saturated heterocycles. The highest BCUT2D eigenvalue weighted by Crippen LogP contribution is 2.35. The van der Waals surface area contributed by atoms with E-state index in [2.05, 4.69) is 42.4 Å². The first-order chi connectivity index (χ1) is 15.8. The van der Waals surface area contributed by atoms with E-state index < -0.39 is 0 Å². The van der Waals surface area contributed by atoms with Gasteiger partial charge in [-0.2, -0.15) is 5.26 Å². The summed E-state index contributed by atoms with van der Waals surface area (Å²) in [7, 11) is 0. The molecule has 1 aliphatic heterocycles. The fourth-order valence-electron chi connectivity index (χ4n) is 4.11. The Hall–Kier alpha value is -3.07. The van der Waals surface area contributed by atoms with Crippen LogP contribution >= 0.6 is 11.6 Å². The number of amides is 2. The molecule has 2 amide bonds. The van der Waals surface area contributed by atoms with Gasteiger partial charge >= 0.3 is 6.03 Å². The summed E-state index contributed by atoms with van der Waals surface area (Å²) in [6.45, 7) is 15.4. The predicted octanol–water partition coefficient (Wildman–Crippen LogP) is 6.49. The topological polar surface area (TPSA) is 59.4 Å². The van der Waals surface area contributed by atoms with Crippen LogP contribution in [0.15, 0.2) is 61.2 Å².